The van der Waals surface area contributed by atoms with E-state index >= 15 is 0 Å². The van der Waals surface area contributed by atoms with Crippen LogP contribution in [-0.2, 0) is 0 Å². The molecule has 2 heteroatoms. The van der Waals surface area contributed by atoms with Crippen LogP contribution >= 0.6 is 0 Å². The molecule has 0 saturated heterocycles. The molecule has 4 aliphatic rings. The average molecular weight is 292 g/mol. The van der Waals surface area contributed by atoms with Crippen LogP contribution in [0.2, 0.25) is 0 Å². The molecule has 120 valence electrons. The highest BCUT2D eigenvalue weighted by molar-refractivity contribution is 5.09. The molecule has 4 rings (SSSR count). The van der Waals surface area contributed by atoms with Crippen molar-refractivity contribution in [3.8, 4) is 0 Å². The first-order valence-electron chi connectivity index (χ1n) is 9.31. The molecule has 0 amide bonds. The van der Waals surface area contributed by atoms with Crippen molar-refractivity contribution in [1.29, 1.82) is 0 Å². The molecule has 4 aliphatic carbocycles. The Morgan fingerprint density at radius 2 is 1.48 bits per heavy atom. The standard InChI is InChI=1S/C19H32O2/c1-18-9-7-13(20)11-12(18)3-4-14-15-5-6-17(21)19(15,2)10-8-16(14)18/h12-17,20-21H,3-11H2,1-2H3/t12-,13-,14-,15-,16-,17-,18-,19-/m0/s1. The van der Waals surface area contributed by atoms with Gasteiger partial charge in [0.15, 0.2) is 0 Å². The SMILES string of the molecule is C[C@]12CC[C@H](O)C[C@@H]1CC[C@@H]1[C@@H]2CC[C@]2(C)[C@@H](O)CC[C@@H]12. The summed E-state index contributed by atoms with van der Waals surface area (Å²) < 4.78 is 0. The van der Waals surface area contributed by atoms with E-state index in [1.807, 2.05) is 0 Å². The van der Waals surface area contributed by atoms with Gasteiger partial charge in [-0.2, -0.15) is 0 Å². The third-order valence-corrected chi connectivity index (χ3v) is 8.59. The topological polar surface area (TPSA) is 40.5 Å². The maximum absolute atomic E-state index is 10.5. The normalized spacial score (nSPS) is 60.0. The molecule has 4 saturated carbocycles. The van der Waals surface area contributed by atoms with Gasteiger partial charge in [-0.05, 0) is 92.3 Å². The average Bonchev–Trinajstić information content (AvgIpc) is 2.76. The number of hydrogen-bond donors (Lipinski definition) is 2. The fourth-order valence-corrected chi connectivity index (χ4v) is 7.21. The molecule has 8 atom stereocenters. The molecule has 4 fully saturated rings. The zero-order chi connectivity index (χ0) is 14.8. The van der Waals surface area contributed by atoms with Gasteiger partial charge in [-0.3, -0.25) is 0 Å². The minimum Gasteiger partial charge on any atom is -0.393 e. The molecule has 0 radical (unpaired) electrons. The van der Waals surface area contributed by atoms with E-state index in [-0.39, 0.29) is 17.6 Å². The Morgan fingerprint density at radius 3 is 2.29 bits per heavy atom. The largest absolute Gasteiger partial charge is 0.393 e. The van der Waals surface area contributed by atoms with E-state index in [0.29, 0.717) is 5.41 Å². The third-order valence-electron chi connectivity index (χ3n) is 8.59. The number of hydrogen-bond acceptors (Lipinski definition) is 2. The van der Waals surface area contributed by atoms with E-state index in [9.17, 15) is 10.2 Å². The van der Waals surface area contributed by atoms with Crippen LogP contribution in [0.1, 0.15) is 71.6 Å². The zero-order valence-electron chi connectivity index (χ0n) is 13.7. The second-order valence-corrected chi connectivity index (χ2v) is 9.22. The molecular formula is C19H32O2. The fraction of sp³-hybridized carbons (Fsp3) is 1.00. The maximum atomic E-state index is 10.5. The fourth-order valence-electron chi connectivity index (χ4n) is 7.21. The minimum absolute atomic E-state index is 0.0400. The number of rotatable bonds is 0. The van der Waals surface area contributed by atoms with E-state index in [1.165, 1.54) is 38.5 Å². The molecule has 0 aliphatic heterocycles. The molecule has 0 aromatic carbocycles. The Morgan fingerprint density at radius 1 is 0.762 bits per heavy atom. The van der Waals surface area contributed by atoms with Crippen LogP contribution < -0.4 is 0 Å². The number of aliphatic hydroxyl groups is 2. The van der Waals surface area contributed by atoms with Crippen LogP contribution in [0.3, 0.4) is 0 Å². The van der Waals surface area contributed by atoms with Crippen LogP contribution in [0.25, 0.3) is 0 Å². The Labute approximate surface area is 129 Å². The lowest BCUT2D eigenvalue weighted by molar-refractivity contribution is -0.133. The Balaban J connectivity index is 1.62. The van der Waals surface area contributed by atoms with Gasteiger partial charge in [0.05, 0.1) is 12.2 Å². The van der Waals surface area contributed by atoms with E-state index in [4.69, 9.17) is 0 Å². The van der Waals surface area contributed by atoms with E-state index in [2.05, 4.69) is 13.8 Å². The monoisotopic (exact) mass is 292 g/mol. The molecule has 0 bridgehead atoms. The lowest BCUT2D eigenvalue weighted by Crippen LogP contribution is -2.54. The summed E-state index contributed by atoms with van der Waals surface area (Å²) in [5.41, 5.74) is 0.676. The molecule has 0 spiro atoms. The third kappa shape index (κ3) is 1.91. The Hall–Kier alpha value is -0.0800. The summed E-state index contributed by atoms with van der Waals surface area (Å²) in [6.07, 6.45) is 10.7. The van der Waals surface area contributed by atoms with Crippen molar-refractivity contribution in [2.24, 2.45) is 34.5 Å². The first-order chi connectivity index (χ1) is 9.95. The first kappa shape index (κ1) is 14.5. The van der Waals surface area contributed by atoms with Gasteiger partial charge >= 0.3 is 0 Å². The molecule has 0 aromatic heterocycles. The van der Waals surface area contributed by atoms with Gasteiger partial charge < -0.3 is 10.2 Å². The maximum Gasteiger partial charge on any atom is 0.0596 e. The van der Waals surface area contributed by atoms with Crippen molar-refractivity contribution in [3.05, 3.63) is 0 Å². The van der Waals surface area contributed by atoms with E-state index in [0.717, 1.165) is 42.9 Å². The quantitative estimate of drug-likeness (QED) is 0.714. The summed E-state index contributed by atoms with van der Waals surface area (Å²) in [5.74, 6) is 3.21. The van der Waals surface area contributed by atoms with Crippen molar-refractivity contribution in [3.63, 3.8) is 0 Å². The molecule has 2 nitrogen and oxygen atoms in total. The van der Waals surface area contributed by atoms with Gasteiger partial charge in [0, 0.05) is 0 Å². The number of fused-ring (bicyclic) bond motifs is 5. The Bertz CT molecular complexity index is 422. The first-order valence-corrected chi connectivity index (χ1v) is 9.31. The van der Waals surface area contributed by atoms with Gasteiger partial charge in [-0.1, -0.05) is 13.8 Å². The molecular weight excluding hydrogens is 260 g/mol. The molecule has 0 unspecified atom stereocenters. The lowest BCUT2D eigenvalue weighted by Gasteiger charge is -2.60. The molecule has 0 heterocycles. The number of aliphatic hydroxyl groups excluding tert-OH is 2. The van der Waals surface area contributed by atoms with Crippen molar-refractivity contribution >= 4 is 0 Å². The van der Waals surface area contributed by atoms with Gasteiger partial charge in [0.25, 0.3) is 0 Å². The second-order valence-electron chi connectivity index (χ2n) is 9.22. The molecule has 0 aromatic rings. The van der Waals surface area contributed by atoms with Gasteiger partial charge in [0.1, 0.15) is 0 Å². The summed E-state index contributed by atoms with van der Waals surface area (Å²) >= 11 is 0. The minimum atomic E-state index is -0.0536. The molecule has 21 heavy (non-hydrogen) atoms. The summed E-state index contributed by atoms with van der Waals surface area (Å²) in [4.78, 5) is 0. The van der Waals surface area contributed by atoms with Gasteiger partial charge in [-0.25, -0.2) is 0 Å². The molecule has 2 N–H and O–H groups in total. The second kappa shape index (κ2) is 4.71. The highest BCUT2D eigenvalue weighted by Gasteiger charge is 2.59. The highest BCUT2D eigenvalue weighted by Crippen LogP contribution is 2.66. The Kier molecular flexibility index (Phi) is 3.25. The van der Waals surface area contributed by atoms with Gasteiger partial charge in [0.2, 0.25) is 0 Å². The van der Waals surface area contributed by atoms with Crippen LogP contribution in [-0.4, -0.2) is 22.4 Å². The van der Waals surface area contributed by atoms with Crippen molar-refractivity contribution in [2.75, 3.05) is 0 Å². The van der Waals surface area contributed by atoms with E-state index in [1.54, 1.807) is 0 Å². The predicted octanol–water partition coefficient (Wildman–Crippen LogP) is 3.75. The van der Waals surface area contributed by atoms with Gasteiger partial charge in [-0.15, -0.1) is 0 Å². The smallest absolute Gasteiger partial charge is 0.0596 e. The van der Waals surface area contributed by atoms with Crippen LogP contribution in [0.4, 0.5) is 0 Å². The predicted molar refractivity (Wildman–Crippen MR) is 83.7 cm³/mol. The lowest BCUT2D eigenvalue weighted by atomic mass is 9.45. The summed E-state index contributed by atoms with van der Waals surface area (Å²) in [7, 11) is 0. The van der Waals surface area contributed by atoms with Crippen LogP contribution in [0.15, 0.2) is 0 Å². The summed E-state index contributed by atoms with van der Waals surface area (Å²) in [6, 6.07) is 0. The van der Waals surface area contributed by atoms with Crippen molar-refractivity contribution in [1.82, 2.24) is 0 Å². The highest BCUT2D eigenvalue weighted by atomic mass is 16.3. The van der Waals surface area contributed by atoms with Crippen LogP contribution in [0.5, 0.6) is 0 Å². The van der Waals surface area contributed by atoms with Crippen molar-refractivity contribution < 1.29 is 10.2 Å². The van der Waals surface area contributed by atoms with Crippen LogP contribution in [0, 0.1) is 34.5 Å². The van der Waals surface area contributed by atoms with E-state index < -0.39 is 0 Å². The summed E-state index contributed by atoms with van der Waals surface area (Å²) in [6.45, 7) is 4.90. The summed E-state index contributed by atoms with van der Waals surface area (Å²) in [5, 5.41) is 20.5. The van der Waals surface area contributed by atoms with Crippen molar-refractivity contribution in [2.45, 2.75) is 83.8 Å². The zero-order valence-corrected chi connectivity index (χ0v) is 13.7.